The molecule has 2 heterocycles. The monoisotopic (exact) mass is 281 g/mol. The molecule has 3 rings (SSSR count). The second kappa shape index (κ2) is 5.30. The molecule has 0 spiro atoms. The van der Waals surface area contributed by atoms with E-state index in [4.69, 9.17) is 0 Å². The number of alkyl halides is 2. The van der Waals surface area contributed by atoms with Crippen LogP contribution in [0, 0.1) is 0 Å². The summed E-state index contributed by atoms with van der Waals surface area (Å²) in [7, 11) is 1.97. The van der Waals surface area contributed by atoms with E-state index in [-0.39, 0.29) is 0 Å². The zero-order chi connectivity index (χ0) is 14.1. The van der Waals surface area contributed by atoms with Crippen LogP contribution in [-0.4, -0.2) is 32.9 Å². The minimum Gasteiger partial charge on any atom is -0.355 e. The molecule has 0 radical (unpaired) electrons. The van der Waals surface area contributed by atoms with Gasteiger partial charge in [-0.15, -0.1) is 15.3 Å². The number of anilines is 1. The first-order valence-corrected chi connectivity index (χ1v) is 6.90. The van der Waals surface area contributed by atoms with E-state index in [1.165, 1.54) is 19.3 Å². The molecule has 0 saturated heterocycles. The molecule has 0 bridgehead atoms. The lowest BCUT2D eigenvalue weighted by Crippen LogP contribution is -2.34. The standard InChI is InChI=1S/C13H17F2N5/c1-19(9-5-3-2-4-6-9)11-8-7-10-16-17-13(12(14)15)20(10)18-11/h7-9,12H,2-6H2,1H3. The second-order valence-corrected chi connectivity index (χ2v) is 5.22. The first-order chi connectivity index (χ1) is 9.66. The molecule has 7 heteroatoms. The van der Waals surface area contributed by atoms with Gasteiger partial charge in [0.1, 0.15) is 5.82 Å². The summed E-state index contributed by atoms with van der Waals surface area (Å²) in [6, 6.07) is 3.93. The van der Waals surface area contributed by atoms with Crippen molar-refractivity contribution in [2.24, 2.45) is 0 Å². The predicted molar refractivity (Wildman–Crippen MR) is 71.0 cm³/mol. The summed E-state index contributed by atoms with van der Waals surface area (Å²) in [6.45, 7) is 0. The predicted octanol–water partition coefficient (Wildman–Crippen LogP) is 2.83. The molecule has 1 aliphatic rings. The van der Waals surface area contributed by atoms with E-state index >= 15 is 0 Å². The largest absolute Gasteiger partial charge is 0.355 e. The van der Waals surface area contributed by atoms with Crippen molar-refractivity contribution in [2.75, 3.05) is 11.9 Å². The molecular weight excluding hydrogens is 264 g/mol. The Morgan fingerprint density at radius 2 is 1.95 bits per heavy atom. The van der Waals surface area contributed by atoms with Gasteiger partial charge in [-0.25, -0.2) is 8.78 Å². The highest BCUT2D eigenvalue weighted by Gasteiger charge is 2.21. The number of halogens is 2. The van der Waals surface area contributed by atoms with E-state index in [0.717, 1.165) is 17.4 Å². The molecule has 1 aliphatic carbocycles. The fraction of sp³-hybridized carbons (Fsp3) is 0.615. The minimum absolute atomic E-state index is 0.348. The van der Waals surface area contributed by atoms with Crippen molar-refractivity contribution in [1.29, 1.82) is 0 Å². The Morgan fingerprint density at radius 3 is 2.65 bits per heavy atom. The summed E-state index contributed by atoms with van der Waals surface area (Å²) in [5.74, 6) is 0.282. The summed E-state index contributed by atoms with van der Waals surface area (Å²) in [5.41, 5.74) is 0.348. The second-order valence-electron chi connectivity index (χ2n) is 5.22. The minimum atomic E-state index is -2.67. The van der Waals surface area contributed by atoms with E-state index in [1.807, 2.05) is 13.1 Å². The Bertz CT molecular complexity index is 591. The normalized spacial score (nSPS) is 17.0. The Morgan fingerprint density at radius 1 is 1.20 bits per heavy atom. The van der Waals surface area contributed by atoms with Gasteiger partial charge in [0.15, 0.2) is 5.65 Å². The van der Waals surface area contributed by atoms with Gasteiger partial charge < -0.3 is 4.90 Å². The van der Waals surface area contributed by atoms with Crippen molar-refractivity contribution in [3.63, 3.8) is 0 Å². The van der Waals surface area contributed by atoms with Crippen molar-refractivity contribution in [3.8, 4) is 0 Å². The van der Waals surface area contributed by atoms with Crippen molar-refractivity contribution in [1.82, 2.24) is 19.8 Å². The molecule has 1 saturated carbocycles. The van der Waals surface area contributed by atoms with Crippen LogP contribution < -0.4 is 4.90 Å². The van der Waals surface area contributed by atoms with Crippen molar-refractivity contribution in [2.45, 2.75) is 44.6 Å². The van der Waals surface area contributed by atoms with Crippen LogP contribution in [0.4, 0.5) is 14.6 Å². The lowest BCUT2D eigenvalue weighted by molar-refractivity contribution is 0.137. The molecule has 1 fully saturated rings. The topological polar surface area (TPSA) is 46.3 Å². The molecule has 20 heavy (non-hydrogen) atoms. The highest BCUT2D eigenvalue weighted by molar-refractivity contribution is 5.46. The van der Waals surface area contributed by atoms with Gasteiger partial charge in [0.05, 0.1) is 0 Å². The molecule has 5 nitrogen and oxygen atoms in total. The number of rotatable bonds is 3. The highest BCUT2D eigenvalue weighted by Crippen LogP contribution is 2.25. The lowest BCUT2D eigenvalue weighted by Gasteiger charge is -2.31. The Kier molecular flexibility index (Phi) is 3.50. The maximum absolute atomic E-state index is 12.8. The maximum Gasteiger partial charge on any atom is 0.299 e. The number of hydrogen-bond donors (Lipinski definition) is 0. The summed E-state index contributed by atoms with van der Waals surface area (Å²) >= 11 is 0. The molecule has 0 N–H and O–H groups in total. The third-order valence-electron chi connectivity index (χ3n) is 3.95. The Hall–Kier alpha value is -1.79. The van der Waals surface area contributed by atoms with E-state index in [1.54, 1.807) is 6.07 Å². The molecular formula is C13H17F2N5. The van der Waals surface area contributed by atoms with E-state index in [0.29, 0.717) is 17.5 Å². The van der Waals surface area contributed by atoms with Gasteiger partial charge in [-0.2, -0.15) is 4.52 Å². The molecule has 0 atom stereocenters. The fourth-order valence-electron chi connectivity index (χ4n) is 2.78. The highest BCUT2D eigenvalue weighted by atomic mass is 19.3. The molecule has 0 aromatic carbocycles. The number of fused-ring (bicyclic) bond motifs is 1. The van der Waals surface area contributed by atoms with Gasteiger partial charge in [-0.3, -0.25) is 0 Å². The van der Waals surface area contributed by atoms with Crippen LogP contribution >= 0.6 is 0 Å². The molecule has 0 amide bonds. The van der Waals surface area contributed by atoms with Crippen LogP contribution in [0.5, 0.6) is 0 Å². The molecule has 0 unspecified atom stereocenters. The van der Waals surface area contributed by atoms with Gasteiger partial charge in [0, 0.05) is 13.1 Å². The Balaban J connectivity index is 1.92. The lowest BCUT2D eigenvalue weighted by atomic mass is 9.94. The number of hydrogen-bond acceptors (Lipinski definition) is 4. The molecule has 108 valence electrons. The maximum atomic E-state index is 12.8. The number of nitrogens with zero attached hydrogens (tertiary/aromatic N) is 5. The Labute approximate surface area is 115 Å². The average Bonchev–Trinajstić information content (AvgIpc) is 2.90. The van der Waals surface area contributed by atoms with Crippen LogP contribution in [0.2, 0.25) is 0 Å². The van der Waals surface area contributed by atoms with Gasteiger partial charge in [0.25, 0.3) is 6.43 Å². The van der Waals surface area contributed by atoms with Gasteiger partial charge in [-0.05, 0) is 25.0 Å². The van der Waals surface area contributed by atoms with Crippen LogP contribution in [0.1, 0.15) is 44.4 Å². The molecule has 0 aliphatic heterocycles. The quantitative estimate of drug-likeness (QED) is 0.868. The van der Waals surface area contributed by atoms with Gasteiger partial charge >= 0.3 is 0 Å². The van der Waals surface area contributed by atoms with Crippen LogP contribution in [0.15, 0.2) is 12.1 Å². The number of aromatic nitrogens is 4. The van der Waals surface area contributed by atoms with E-state index < -0.39 is 12.2 Å². The van der Waals surface area contributed by atoms with Gasteiger partial charge in [0.2, 0.25) is 5.82 Å². The fourth-order valence-corrected chi connectivity index (χ4v) is 2.78. The smallest absolute Gasteiger partial charge is 0.299 e. The third kappa shape index (κ3) is 2.32. The first-order valence-electron chi connectivity index (χ1n) is 6.90. The first kappa shape index (κ1) is 13.2. The van der Waals surface area contributed by atoms with Crippen molar-refractivity contribution >= 4 is 11.5 Å². The molecule has 2 aromatic heterocycles. The van der Waals surface area contributed by atoms with Crippen LogP contribution in [-0.2, 0) is 0 Å². The van der Waals surface area contributed by atoms with Gasteiger partial charge in [-0.1, -0.05) is 19.3 Å². The zero-order valence-corrected chi connectivity index (χ0v) is 11.3. The van der Waals surface area contributed by atoms with E-state index in [9.17, 15) is 8.78 Å². The third-order valence-corrected chi connectivity index (χ3v) is 3.95. The molecule has 2 aromatic rings. The SMILES string of the molecule is CN(c1ccc2nnc(C(F)F)n2n1)C1CCCCC1. The summed E-state index contributed by atoms with van der Waals surface area (Å²) in [6.07, 6.45) is 3.28. The summed E-state index contributed by atoms with van der Waals surface area (Å²) in [4.78, 5) is 2.08. The summed E-state index contributed by atoms with van der Waals surface area (Å²) < 4.78 is 26.8. The van der Waals surface area contributed by atoms with Crippen LogP contribution in [0.3, 0.4) is 0 Å². The summed E-state index contributed by atoms with van der Waals surface area (Å²) in [5, 5.41) is 11.5. The zero-order valence-electron chi connectivity index (χ0n) is 11.3. The van der Waals surface area contributed by atoms with Crippen molar-refractivity contribution < 1.29 is 8.78 Å². The average molecular weight is 281 g/mol. The van der Waals surface area contributed by atoms with E-state index in [2.05, 4.69) is 20.2 Å². The van der Waals surface area contributed by atoms with Crippen molar-refractivity contribution in [3.05, 3.63) is 18.0 Å². The van der Waals surface area contributed by atoms with Crippen LogP contribution in [0.25, 0.3) is 5.65 Å².